The minimum absolute atomic E-state index is 0.269. The maximum absolute atomic E-state index is 12.7. The molecule has 4 heteroatoms. The van der Waals surface area contributed by atoms with Crippen LogP contribution in [-0.4, -0.2) is 18.4 Å². The van der Waals surface area contributed by atoms with E-state index in [4.69, 9.17) is 4.74 Å². The monoisotopic (exact) mass is 278 g/mol. The Balaban J connectivity index is 1.69. The number of ketones is 1. The van der Waals surface area contributed by atoms with Gasteiger partial charge in [0.15, 0.2) is 12.4 Å². The third kappa shape index (κ3) is 4.44. The zero-order chi connectivity index (χ0) is 14.4. The molecule has 1 aromatic rings. The highest BCUT2D eigenvalue weighted by molar-refractivity contribution is 5.97. The van der Waals surface area contributed by atoms with Gasteiger partial charge in [0.25, 0.3) is 0 Å². The van der Waals surface area contributed by atoms with Gasteiger partial charge in [0.05, 0.1) is 0 Å². The first-order chi connectivity index (χ1) is 9.65. The lowest BCUT2D eigenvalue weighted by atomic mass is 10.0. The van der Waals surface area contributed by atoms with E-state index >= 15 is 0 Å². The van der Waals surface area contributed by atoms with Crippen molar-refractivity contribution in [2.45, 2.75) is 38.5 Å². The van der Waals surface area contributed by atoms with Gasteiger partial charge in [-0.2, -0.15) is 0 Å². The molecular formula is C16H19FO3. The molecule has 0 amide bonds. The Labute approximate surface area is 118 Å². The van der Waals surface area contributed by atoms with E-state index in [0.717, 1.165) is 6.42 Å². The summed E-state index contributed by atoms with van der Waals surface area (Å²) in [5.41, 5.74) is 0.356. The number of halogens is 1. The Morgan fingerprint density at radius 1 is 1.15 bits per heavy atom. The lowest BCUT2D eigenvalue weighted by Gasteiger charge is -2.08. The summed E-state index contributed by atoms with van der Waals surface area (Å²) >= 11 is 0. The fourth-order valence-electron chi connectivity index (χ4n) is 2.56. The van der Waals surface area contributed by atoms with E-state index in [1.165, 1.54) is 49.9 Å². The molecule has 1 saturated carbocycles. The van der Waals surface area contributed by atoms with Gasteiger partial charge in [-0.3, -0.25) is 9.59 Å². The SMILES string of the molecule is O=C(CCC1CCCC1)OCC(=O)c1ccc(F)cc1. The van der Waals surface area contributed by atoms with Gasteiger partial charge in [-0.25, -0.2) is 4.39 Å². The fourth-order valence-corrected chi connectivity index (χ4v) is 2.56. The van der Waals surface area contributed by atoms with E-state index in [9.17, 15) is 14.0 Å². The van der Waals surface area contributed by atoms with Crippen LogP contribution in [0.5, 0.6) is 0 Å². The van der Waals surface area contributed by atoms with Crippen LogP contribution in [0.15, 0.2) is 24.3 Å². The van der Waals surface area contributed by atoms with Crippen LogP contribution in [0.4, 0.5) is 4.39 Å². The standard InChI is InChI=1S/C16H19FO3/c17-14-8-6-13(7-9-14)15(18)11-20-16(19)10-5-12-3-1-2-4-12/h6-9,12H,1-5,10-11H2. The molecule has 2 rings (SSSR count). The molecule has 0 aromatic heterocycles. The van der Waals surface area contributed by atoms with Crippen LogP contribution in [-0.2, 0) is 9.53 Å². The average molecular weight is 278 g/mol. The van der Waals surface area contributed by atoms with Crippen molar-refractivity contribution < 1.29 is 18.7 Å². The van der Waals surface area contributed by atoms with Crippen molar-refractivity contribution in [1.29, 1.82) is 0 Å². The van der Waals surface area contributed by atoms with Gasteiger partial charge in [-0.1, -0.05) is 25.7 Å². The van der Waals surface area contributed by atoms with Gasteiger partial charge in [0.1, 0.15) is 5.82 Å². The first-order valence-electron chi connectivity index (χ1n) is 7.09. The van der Waals surface area contributed by atoms with Crippen molar-refractivity contribution in [2.24, 2.45) is 5.92 Å². The van der Waals surface area contributed by atoms with Gasteiger partial charge in [0.2, 0.25) is 0 Å². The summed E-state index contributed by atoms with van der Waals surface area (Å²) in [5, 5.41) is 0. The molecule has 0 bridgehead atoms. The second-order valence-electron chi connectivity index (χ2n) is 5.28. The summed E-state index contributed by atoms with van der Waals surface area (Å²) in [6.45, 7) is -0.269. The molecule has 20 heavy (non-hydrogen) atoms. The highest BCUT2D eigenvalue weighted by Gasteiger charge is 2.17. The largest absolute Gasteiger partial charge is 0.457 e. The molecule has 0 aliphatic heterocycles. The molecule has 1 aliphatic rings. The predicted octanol–water partition coefficient (Wildman–Crippen LogP) is 3.52. The molecule has 0 N–H and O–H groups in total. The van der Waals surface area contributed by atoms with Gasteiger partial charge >= 0.3 is 5.97 Å². The topological polar surface area (TPSA) is 43.4 Å². The Kier molecular flexibility index (Phi) is 5.27. The highest BCUT2D eigenvalue weighted by Crippen LogP contribution is 2.28. The van der Waals surface area contributed by atoms with Crippen molar-refractivity contribution >= 4 is 11.8 Å². The third-order valence-electron chi connectivity index (χ3n) is 3.76. The Morgan fingerprint density at radius 2 is 1.80 bits per heavy atom. The minimum Gasteiger partial charge on any atom is -0.457 e. The van der Waals surface area contributed by atoms with Crippen molar-refractivity contribution in [2.75, 3.05) is 6.61 Å². The molecule has 1 aliphatic carbocycles. The Morgan fingerprint density at radius 3 is 2.45 bits per heavy atom. The van der Waals surface area contributed by atoms with E-state index in [2.05, 4.69) is 0 Å². The van der Waals surface area contributed by atoms with E-state index in [1.54, 1.807) is 0 Å². The van der Waals surface area contributed by atoms with Gasteiger partial charge in [0, 0.05) is 12.0 Å². The number of carbonyl (C=O) groups excluding carboxylic acids is 2. The highest BCUT2D eigenvalue weighted by atomic mass is 19.1. The fraction of sp³-hybridized carbons (Fsp3) is 0.500. The smallest absolute Gasteiger partial charge is 0.306 e. The molecule has 0 saturated heterocycles. The van der Waals surface area contributed by atoms with Crippen LogP contribution in [0.1, 0.15) is 48.9 Å². The zero-order valence-corrected chi connectivity index (χ0v) is 11.4. The van der Waals surface area contributed by atoms with Gasteiger partial charge in [-0.15, -0.1) is 0 Å². The van der Waals surface area contributed by atoms with Crippen LogP contribution in [0.3, 0.4) is 0 Å². The number of rotatable bonds is 6. The second-order valence-corrected chi connectivity index (χ2v) is 5.28. The first kappa shape index (κ1) is 14.7. The van der Waals surface area contributed by atoms with Gasteiger partial charge < -0.3 is 4.74 Å². The van der Waals surface area contributed by atoms with Crippen LogP contribution >= 0.6 is 0 Å². The number of hydrogen-bond acceptors (Lipinski definition) is 3. The number of esters is 1. The van der Waals surface area contributed by atoms with E-state index in [1.807, 2.05) is 0 Å². The summed E-state index contributed by atoms with van der Waals surface area (Å²) in [4.78, 5) is 23.3. The normalized spacial score (nSPS) is 15.2. The van der Waals surface area contributed by atoms with Crippen LogP contribution < -0.4 is 0 Å². The number of Topliss-reactive ketones (excluding diaryl/α,β-unsaturated/α-hetero) is 1. The van der Waals surface area contributed by atoms with Crippen LogP contribution in [0, 0.1) is 11.7 Å². The van der Waals surface area contributed by atoms with Crippen LogP contribution in [0.2, 0.25) is 0 Å². The molecule has 0 atom stereocenters. The first-order valence-corrected chi connectivity index (χ1v) is 7.09. The van der Waals surface area contributed by atoms with E-state index < -0.39 is 5.82 Å². The zero-order valence-electron chi connectivity index (χ0n) is 11.4. The van der Waals surface area contributed by atoms with Crippen molar-refractivity contribution in [3.05, 3.63) is 35.6 Å². The van der Waals surface area contributed by atoms with Crippen molar-refractivity contribution in [3.63, 3.8) is 0 Å². The number of benzene rings is 1. The molecule has 0 unspecified atom stereocenters. The Bertz CT molecular complexity index is 461. The predicted molar refractivity (Wildman–Crippen MR) is 72.9 cm³/mol. The minimum atomic E-state index is -0.393. The molecule has 0 radical (unpaired) electrons. The van der Waals surface area contributed by atoms with E-state index in [-0.39, 0.29) is 18.4 Å². The van der Waals surface area contributed by atoms with Crippen molar-refractivity contribution in [3.8, 4) is 0 Å². The molecule has 0 heterocycles. The second kappa shape index (κ2) is 7.17. The molecule has 1 fully saturated rings. The van der Waals surface area contributed by atoms with Gasteiger partial charge in [-0.05, 0) is 36.6 Å². The molecular weight excluding hydrogens is 259 g/mol. The lowest BCUT2D eigenvalue weighted by molar-refractivity contribution is -0.142. The maximum atomic E-state index is 12.7. The molecule has 3 nitrogen and oxygen atoms in total. The number of ether oxygens (including phenoxy) is 1. The Hall–Kier alpha value is -1.71. The number of carbonyl (C=O) groups is 2. The molecule has 1 aromatic carbocycles. The summed E-state index contributed by atoms with van der Waals surface area (Å²) < 4.78 is 17.7. The van der Waals surface area contributed by atoms with Crippen LogP contribution in [0.25, 0.3) is 0 Å². The number of hydrogen-bond donors (Lipinski definition) is 0. The molecule has 0 spiro atoms. The summed E-state index contributed by atoms with van der Waals surface area (Å²) in [6.07, 6.45) is 6.13. The lowest BCUT2D eigenvalue weighted by Crippen LogP contribution is -2.14. The summed E-state index contributed by atoms with van der Waals surface area (Å²) in [6, 6.07) is 5.22. The summed E-state index contributed by atoms with van der Waals surface area (Å²) in [7, 11) is 0. The molecule has 108 valence electrons. The quantitative estimate of drug-likeness (QED) is 0.590. The van der Waals surface area contributed by atoms with E-state index in [0.29, 0.717) is 17.9 Å². The summed E-state index contributed by atoms with van der Waals surface area (Å²) in [5.74, 6) is -0.392. The average Bonchev–Trinajstić information content (AvgIpc) is 2.96. The maximum Gasteiger partial charge on any atom is 0.306 e. The third-order valence-corrected chi connectivity index (χ3v) is 3.76. The van der Waals surface area contributed by atoms with Crippen molar-refractivity contribution in [1.82, 2.24) is 0 Å².